The van der Waals surface area contributed by atoms with Gasteiger partial charge in [0.25, 0.3) is 5.91 Å². The van der Waals surface area contributed by atoms with Crippen molar-refractivity contribution in [1.29, 1.82) is 0 Å². The fourth-order valence-corrected chi connectivity index (χ4v) is 1.93. The van der Waals surface area contributed by atoms with E-state index in [1.807, 2.05) is 48.5 Å². The normalized spacial score (nSPS) is 10.4. The topological polar surface area (TPSA) is 41.1 Å². The van der Waals surface area contributed by atoms with Crippen LogP contribution < -0.4 is 10.9 Å². The first kappa shape index (κ1) is 13.4. The van der Waals surface area contributed by atoms with E-state index < -0.39 is 0 Å². The van der Waals surface area contributed by atoms with Crippen LogP contribution in [0.2, 0.25) is 0 Å². The first-order chi connectivity index (χ1) is 9.25. The number of benzene rings is 2. The molecule has 3 nitrogen and oxygen atoms in total. The number of carbonyl (C=O) groups is 1. The van der Waals surface area contributed by atoms with E-state index in [4.69, 9.17) is 0 Å². The Morgan fingerprint density at radius 3 is 2.58 bits per heavy atom. The van der Waals surface area contributed by atoms with Crippen LogP contribution in [0.25, 0.3) is 6.08 Å². The molecular weight excluding hydrogens is 304 g/mol. The Bertz CT molecular complexity index is 582. The first-order valence-corrected chi connectivity index (χ1v) is 6.58. The van der Waals surface area contributed by atoms with Gasteiger partial charge < -0.3 is 5.43 Å². The second-order valence-electron chi connectivity index (χ2n) is 3.85. The summed E-state index contributed by atoms with van der Waals surface area (Å²) in [6.07, 6.45) is 3.55. The summed E-state index contributed by atoms with van der Waals surface area (Å²) in [5.74, 6) is -0.167. The van der Waals surface area contributed by atoms with E-state index in [9.17, 15) is 4.79 Å². The number of halogens is 1. The molecule has 2 rings (SSSR count). The van der Waals surface area contributed by atoms with Crippen molar-refractivity contribution >= 4 is 27.9 Å². The third-order valence-electron chi connectivity index (χ3n) is 2.43. The monoisotopic (exact) mass is 316 g/mol. The van der Waals surface area contributed by atoms with Crippen molar-refractivity contribution in [3.05, 3.63) is 76.4 Å². The van der Waals surface area contributed by atoms with E-state index in [1.54, 1.807) is 18.3 Å². The van der Waals surface area contributed by atoms with Crippen molar-refractivity contribution in [2.45, 2.75) is 0 Å². The zero-order chi connectivity index (χ0) is 13.5. The van der Waals surface area contributed by atoms with Gasteiger partial charge in [-0.2, -0.15) is 0 Å². The van der Waals surface area contributed by atoms with Crippen molar-refractivity contribution in [1.82, 2.24) is 10.9 Å². The number of hydrogen-bond donors (Lipinski definition) is 2. The molecule has 0 radical (unpaired) electrons. The summed E-state index contributed by atoms with van der Waals surface area (Å²) >= 11 is 3.40. The minimum atomic E-state index is -0.167. The van der Waals surface area contributed by atoms with Crippen LogP contribution in [0.5, 0.6) is 0 Å². The predicted octanol–water partition coefficient (Wildman–Crippen LogP) is 3.35. The Labute approximate surface area is 120 Å². The van der Waals surface area contributed by atoms with Crippen LogP contribution in [0.4, 0.5) is 0 Å². The van der Waals surface area contributed by atoms with Gasteiger partial charge in [-0.3, -0.25) is 10.2 Å². The lowest BCUT2D eigenvalue weighted by molar-refractivity contribution is 0.0941. The van der Waals surface area contributed by atoms with Crippen LogP contribution in [-0.2, 0) is 0 Å². The number of amides is 1. The third kappa shape index (κ3) is 4.26. The van der Waals surface area contributed by atoms with E-state index in [-0.39, 0.29) is 5.91 Å². The third-order valence-corrected chi connectivity index (χ3v) is 2.92. The second kappa shape index (κ2) is 6.75. The summed E-state index contributed by atoms with van der Waals surface area (Å²) in [7, 11) is 0. The Morgan fingerprint density at radius 1 is 1.05 bits per heavy atom. The Kier molecular flexibility index (Phi) is 4.75. The van der Waals surface area contributed by atoms with Crippen molar-refractivity contribution < 1.29 is 4.79 Å². The van der Waals surface area contributed by atoms with Crippen LogP contribution in [-0.4, -0.2) is 5.91 Å². The van der Waals surface area contributed by atoms with E-state index in [1.165, 1.54) is 0 Å². The van der Waals surface area contributed by atoms with Crippen LogP contribution in [0.3, 0.4) is 0 Å². The van der Waals surface area contributed by atoms with E-state index in [0.717, 1.165) is 10.0 Å². The second-order valence-corrected chi connectivity index (χ2v) is 4.77. The highest BCUT2D eigenvalue weighted by Gasteiger charge is 2.00. The van der Waals surface area contributed by atoms with Gasteiger partial charge in [-0.25, -0.2) is 0 Å². The molecule has 0 atom stereocenters. The zero-order valence-corrected chi connectivity index (χ0v) is 11.7. The highest BCUT2D eigenvalue weighted by Crippen LogP contribution is 2.12. The van der Waals surface area contributed by atoms with Gasteiger partial charge in [0.2, 0.25) is 0 Å². The van der Waals surface area contributed by atoms with Gasteiger partial charge in [0, 0.05) is 16.2 Å². The Morgan fingerprint density at radius 2 is 1.84 bits per heavy atom. The number of rotatable bonds is 4. The molecule has 0 unspecified atom stereocenters. The summed E-state index contributed by atoms with van der Waals surface area (Å²) in [6, 6.07) is 16.9. The smallest absolute Gasteiger partial charge is 0.269 e. The molecule has 0 aliphatic carbocycles. The van der Waals surface area contributed by atoms with Gasteiger partial charge in [0.1, 0.15) is 0 Å². The molecule has 0 aromatic heterocycles. The molecule has 96 valence electrons. The van der Waals surface area contributed by atoms with Gasteiger partial charge in [-0.05, 0) is 35.9 Å². The van der Waals surface area contributed by atoms with Crippen LogP contribution in [0, 0.1) is 0 Å². The molecule has 2 N–H and O–H groups in total. The molecule has 0 saturated heterocycles. The SMILES string of the molecule is O=C(NN/C=C/c1cccc(Br)c1)c1ccccc1. The van der Waals surface area contributed by atoms with Gasteiger partial charge in [-0.15, -0.1) is 0 Å². The predicted molar refractivity (Wildman–Crippen MR) is 80.2 cm³/mol. The molecule has 0 heterocycles. The van der Waals surface area contributed by atoms with Gasteiger partial charge in [-0.1, -0.05) is 46.3 Å². The fraction of sp³-hybridized carbons (Fsp3) is 0. The zero-order valence-electron chi connectivity index (χ0n) is 10.1. The molecule has 0 aliphatic rings. The molecule has 0 spiro atoms. The summed E-state index contributed by atoms with van der Waals surface area (Å²) in [5.41, 5.74) is 7.01. The van der Waals surface area contributed by atoms with E-state index >= 15 is 0 Å². The average molecular weight is 317 g/mol. The lowest BCUT2D eigenvalue weighted by atomic mass is 10.2. The Balaban J connectivity index is 1.85. The maximum absolute atomic E-state index is 11.7. The van der Waals surface area contributed by atoms with Crippen molar-refractivity contribution in [2.75, 3.05) is 0 Å². The fourth-order valence-electron chi connectivity index (χ4n) is 1.52. The van der Waals surface area contributed by atoms with Gasteiger partial charge >= 0.3 is 0 Å². The van der Waals surface area contributed by atoms with Crippen LogP contribution in [0.15, 0.2) is 65.3 Å². The standard InChI is InChI=1S/C15H13BrN2O/c16-14-8-4-5-12(11-14)9-10-17-18-15(19)13-6-2-1-3-7-13/h1-11,17H,(H,18,19)/b10-9+. The maximum Gasteiger partial charge on any atom is 0.269 e. The molecule has 2 aromatic rings. The van der Waals surface area contributed by atoms with Crippen molar-refractivity contribution in [3.63, 3.8) is 0 Å². The first-order valence-electron chi connectivity index (χ1n) is 5.79. The molecule has 4 heteroatoms. The van der Waals surface area contributed by atoms with Crippen LogP contribution >= 0.6 is 15.9 Å². The Hall–Kier alpha value is -2.07. The molecule has 1 amide bonds. The number of nitrogens with one attached hydrogen (secondary N) is 2. The summed E-state index contributed by atoms with van der Waals surface area (Å²) in [4.78, 5) is 11.7. The molecule has 0 saturated carbocycles. The minimum absolute atomic E-state index is 0.167. The van der Waals surface area contributed by atoms with Gasteiger partial charge in [0.05, 0.1) is 0 Å². The highest BCUT2D eigenvalue weighted by molar-refractivity contribution is 9.10. The number of carbonyl (C=O) groups excluding carboxylic acids is 1. The average Bonchev–Trinajstić information content (AvgIpc) is 2.44. The molecule has 0 aliphatic heterocycles. The summed E-state index contributed by atoms with van der Waals surface area (Å²) < 4.78 is 1.02. The largest absolute Gasteiger partial charge is 0.306 e. The van der Waals surface area contributed by atoms with Gasteiger partial charge in [0.15, 0.2) is 0 Å². The maximum atomic E-state index is 11.7. The molecule has 19 heavy (non-hydrogen) atoms. The van der Waals surface area contributed by atoms with Crippen molar-refractivity contribution in [2.24, 2.45) is 0 Å². The highest BCUT2D eigenvalue weighted by atomic mass is 79.9. The lowest BCUT2D eigenvalue weighted by Gasteiger charge is -2.03. The van der Waals surface area contributed by atoms with Crippen molar-refractivity contribution in [3.8, 4) is 0 Å². The molecule has 2 aromatic carbocycles. The quantitative estimate of drug-likeness (QED) is 0.849. The summed E-state index contributed by atoms with van der Waals surface area (Å²) in [5, 5.41) is 0. The van der Waals surface area contributed by atoms with Crippen LogP contribution in [0.1, 0.15) is 15.9 Å². The number of hydrazine groups is 1. The number of hydrogen-bond acceptors (Lipinski definition) is 2. The van der Waals surface area contributed by atoms with E-state index in [2.05, 4.69) is 26.8 Å². The molecule has 0 fully saturated rings. The summed E-state index contributed by atoms with van der Waals surface area (Å²) in [6.45, 7) is 0. The molecular formula is C15H13BrN2O. The lowest BCUT2D eigenvalue weighted by Crippen LogP contribution is -2.33. The molecule has 0 bridgehead atoms. The minimum Gasteiger partial charge on any atom is -0.306 e. The van der Waals surface area contributed by atoms with E-state index in [0.29, 0.717) is 5.56 Å².